The Hall–Kier alpha value is -3.66. The summed E-state index contributed by atoms with van der Waals surface area (Å²) in [4.78, 5) is 26.6. The zero-order valence-electron chi connectivity index (χ0n) is 8.92. The predicted molar refractivity (Wildman–Crippen MR) is 49.9 cm³/mol. The van der Waals surface area contributed by atoms with E-state index >= 15 is 0 Å². The van der Waals surface area contributed by atoms with Crippen molar-refractivity contribution in [3.05, 3.63) is 30.3 Å². The van der Waals surface area contributed by atoms with Crippen LogP contribution in [0.15, 0.2) is 0 Å². The van der Waals surface area contributed by atoms with Gasteiger partial charge in [-0.25, -0.2) is 0 Å². The molecule has 0 saturated carbocycles. The molecular formula is C3HN11O6. The summed E-state index contributed by atoms with van der Waals surface area (Å²) in [5.74, 6) is -4.86. The molecule has 0 aliphatic heterocycles. The van der Waals surface area contributed by atoms with E-state index in [1.807, 2.05) is 5.21 Å². The fraction of sp³-hybridized carbons (Fsp3) is 0.333. The normalized spacial score (nSPS) is 11.2. The van der Waals surface area contributed by atoms with Gasteiger partial charge in [-0.2, -0.15) is 5.21 Å². The molecule has 0 saturated heterocycles. The third-order valence-corrected chi connectivity index (χ3v) is 1.96. The Balaban J connectivity index is 2.59. The average molecular weight is 287 g/mol. The molecule has 0 aliphatic rings. The number of nitrogens with zero attached hydrogens (tertiary/aromatic N) is 10. The molecule has 0 fully saturated rings. The van der Waals surface area contributed by atoms with E-state index in [1.165, 1.54) is 0 Å². The van der Waals surface area contributed by atoms with Gasteiger partial charge in [0.05, 0.1) is 4.80 Å². The lowest BCUT2D eigenvalue weighted by atomic mass is 10.6. The molecule has 0 aliphatic carbocycles. The molecule has 20 heavy (non-hydrogen) atoms. The highest BCUT2D eigenvalue weighted by Gasteiger charge is 2.76. The second-order valence-electron chi connectivity index (χ2n) is 3.01. The number of H-pyrrole nitrogens is 1. The van der Waals surface area contributed by atoms with Gasteiger partial charge in [-0.3, -0.25) is 30.3 Å². The van der Waals surface area contributed by atoms with Gasteiger partial charge in [0.2, 0.25) is 26.4 Å². The number of aromatic amines is 1. The molecule has 0 spiro atoms. The third-order valence-electron chi connectivity index (χ3n) is 1.96. The van der Waals surface area contributed by atoms with Crippen molar-refractivity contribution in [2.75, 3.05) is 0 Å². The maximum Gasteiger partial charge on any atom is 0.837 e. The maximum absolute atomic E-state index is 10.7. The molecule has 0 bridgehead atoms. The zero-order chi connectivity index (χ0) is 14.9. The van der Waals surface area contributed by atoms with Gasteiger partial charge in [0.25, 0.3) is 0 Å². The van der Waals surface area contributed by atoms with Gasteiger partial charge in [0.1, 0.15) is 0 Å². The molecule has 17 heteroatoms. The van der Waals surface area contributed by atoms with E-state index in [-0.39, 0.29) is 10.6 Å². The number of nitro groups is 3. The summed E-state index contributed by atoms with van der Waals surface area (Å²) in [7, 11) is 0. The molecule has 104 valence electrons. The minimum absolute atomic E-state index is 0.305. The molecule has 1 N–H and O–H groups in total. The van der Waals surface area contributed by atoms with Crippen molar-refractivity contribution in [1.82, 2.24) is 40.8 Å². The van der Waals surface area contributed by atoms with Crippen molar-refractivity contribution in [2.24, 2.45) is 0 Å². The molecule has 17 nitrogen and oxygen atoms in total. The topological polar surface area (TPSA) is 227 Å². The number of rotatable bonds is 5. The van der Waals surface area contributed by atoms with Crippen LogP contribution in [-0.2, 0) is 5.91 Å². The fourth-order valence-electron chi connectivity index (χ4n) is 1.11. The summed E-state index contributed by atoms with van der Waals surface area (Å²) < 4.78 is 0. The highest BCUT2D eigenvalue weighted by atomic mass is 16.7. The predicted octanol–water partition coefficient (Wildman–Crippen LogP) is -2.75. The number of tetrazole rings is 2. The summed E-state index contributed by atoms with van der Waals surface area (Å²) in [6.45, 7) is 0. The van der Waals surface area contributed by atoms with Gasteiger partial charge in [0.15, 0.2) is 0 Å². The first-order valence-electron chi connectivity index (χ1n) is 4.38. The molecule has 0 unspecified atom stereocenters. The molecule has 2 aromatic rings. The quantitative estimate of drug-likeness (QED) is 0.335. The fourth-order valence-corrected chi connectivity index (χ4v) is 1.11. The standard InChI is InChI=1S/C3HN11O6/c15-12(16)3(13(17)18,14(19)20)11-7-2(6-10-11)1-4-8-9-5-1/h(H,4,5,8,9). The summed E-state index contributed by atoms with van der Waals surface area (Å²) in [6, 6.07) is 0. The third kappa shape index (κ3) is 1.57. The molecule has 2 aromatic heterocycles. The van der Waals surface area contributed by atoms with E-state index in [0.717, 1.165) is 0 Å². The van der Waals surface area contributed by atoms with E-state index in [4.69, 9.17) is 0 Å². The van der Waals surface area contributed by atoms with Crippen molar-refractivity contribution in [2.45, 2.75) is 5.91 Å². The second-order valence-corrected chi connectivity index (χ2v) is 3.01. The summed E-state index contributed by atoms with van der Waals surface area (Å²) in [6.07, 6.45) is 0. The summed E-state index contributed by atoms with van der Waals surface area (Å²) in [5.41, 5.74) is 0. The lowest BCUT2D eigenvalue weighted by Crippen LogP contribution is -2.56. The van der Waals surface area contributed by atoms with Gasteiger partial charge in [-0.05, 0) is 10.4 Å². The lowest BCUT2D eigenvalue weighted by Gasteiger charge is -2.04. The minimum atomic E-state index is -4.03. The number of aromatic nitrogens is 8. The van der Waals surface area contributed by atoms with Gasteiger partial charge in [-0.15, -0.1) is 20.4 Å². The smallest absolute Gasteiger partial charge is 0.251 e. The van der Waals surface area contributed by atoms with Crippen molar-refractivity contribution < 1.29 is 14.8 Å². The molecule has 2 heterocycles. The monoisotopic (exact) mass is 287 g/mol. The van der Waals surface area contributed by atoms with E-state index < -0.39 is 26.5 Å². The number of hydrogen-bond donors (Lipinski definition) is 1. The largest absolute Gasteiger partial charge is 0.837 e. The SMILES string of the molecule is O=[N+]([O-])C(n1nnc(-c2nn[nH]n2)n1)([N+](=O)[O-])[N+](=O)[O-]. The Morgan fingerprint density at radius 2 is 1.60 bits per heavy atom. The van der Waals surface area contributed by atoms with Gasteiger partial charge in [-0.1, -0.05) is 0 Å². The van der Waals surface area contributed by atoms with Crippen LogP contribution in [0.4, 0.5) is 0 Å². The Bertz CT molecular complexity index is 636. The van der Waals surface area contributed by atoms with Crippen molar-refractivity contribution in [3.63, 3.8) is 0 Å². The highest BCUT2D eigenvalue weighted by molar-refractivity contribution is 5.37. The molecule has 2 rings (SSSR count). The van der Waals surface area contributed by atoms with Crippen LogP contribution in [0, 0.1) is 30.3 Å². The van der Waals surface area contributed by atoms with Gasteiger partial charge in [0, 0.05) is 0 Å². The first-order valence-corrected chi connectivity index (χ1v) is 4.38. The molecular weight excluding hydrogens is 286 g/mol. The second kappa shape index (κ2) is 4.22. The van der Waals surface area contributed by atoms with Crippen LogP contribution in [0.5, 0.6) is 0 Å². The van der Waals surface area contributed by atoms with Gasteiger partial charge >= 0.3 is 5.91 Å². The van der Waals surface area contributed by atoms with Crippen molar-refractivity contribution in [3.8, 4) is 11.6 Å². The zero-order valence-corrected chi connectivity index (χ0v) is 8.92. The molecule has 0 amide bonds. The van der Waals surface area contributed by atoms with Gasteiger partial charge < -0.3 is 0 Å². The van der Waals surface area contributed by atoms with Crippen LogP contribution in [0.1, 0.15) is 0 Å². The van der Waals surface area contributed by atoms with Crippen LogP contribution in [0.3, 0.4) is 0 Å². The Morgan fingerprint density at radius 1 is 1.00 bits per heavy atom. The first kappa shape index (κ1) is 12.8. The van der Waals surface area contributed by atoms with E-state index in [1.54, 1.807) is 0 Å². The first-order chi connectivity index (χ1) is 9.40. The number of hydrogen-bond acceptors (Lipinski definition) is 12. The van der Waals surface area contributed by atoms with E-state index in [2.05, 4.69) is 30.8 Å². The minimum Gasteiger partial charge on any atom is -0.251 e. The van der Waals surface area contributed by atoms with Crippen LogP contribution < -0.4 is 0 Å². The van der Waals surface area contributed by atoms with E-state index in [9.17, 15) is 30.3 Å². The van der Waals surface area contributed by atoms with Crippen LogP contribution in [-0.4, -0.2) is 55.6 Å². The van der Waals surface area contributed by atoms with Crippen LogP contribution in [0.2, 0.25) is 0 Å². The average Bonchev–Trinajstić information content (AvgIpc) is 2.97. The molecule has 0 aromatic carbocycles. The van der Waals surface area contributed by atoms with Crippen LogP contribution in [0.25, 0.3) is 11.6 Å². The maximum atomic E-state index is 10.7. The van der Waals surface area contributed by atoms with Crippen molar-refractivity contribution >= 4 is 0 Å². The Labute approximate surface area is 105 Å². The summed E-state index contributed by atoms with van der Waals surface area (Å²) in [5, 5.41) is 53.4. The lowest BCUT2D eigenvalue weighted by molar-refractivity contribution is -1.01. The van der Waals surface area contributed by atoms with Crippen molar-refractivity contribution in [1.29, 1.82) is 0 Å². The Kier molecular flexibility index (Phi) is 2.70. The molecule has 0 radical (unpaired) electrons. The van der Waals surface area contributed by atoms with E-state index in [0.29, 0.717) is 0 Å². The summed E-state index contributed by atoms with van der Waals surface area (Å²) >= 11 is 0. The Morgan fingerprint density at radius 3 is 2.05 bits per heavy atom. The molecule has 0 atom stereocenters. The number of nitrogens with one attached hydrogen (secondary N) is 1. The van der Waals surface area contributed by atoms with Crippen LogP contribution >= 0.6 is 0 Å². The highest BCUT2D eigenvalue weighted by Crippen LogP contribution is 2.18.